The molecule has 5 nitrogen and oxygen atoms in total. The van der Waals surface area contributed by atoms with Crippen LogP contribution >= 0.6 is 0 Å². The molecule has 5 heteroatoms. The van der Waals surface area contributed by atoms with Crippen LogP contribution in [0.5, 0.6) is 0 Å². The lowest BCUT2D eigenvalue weighted by Gasteiger charge is -1.97. The first-order valence-corrected chi connectivity index (χ1v) is 5.90. The van der Waals surface area contributed by atoms with Crippen molar-refractivity contribution in [1.82, 2.24) is 4.90 Å². The Morgan fingerprint density at radius 2 is 1.00 bits per heavy atom. The van der Waals surface area contributed by atoms with E-state index >= 15 is 0 Å². The Kier molecular flexibility index (Phi) is 13.9. The summed E-state index contributed by atoms with van der Waals surface area (Å²) in [6, 6.07) is 0. The second-order valence-electron chi connectivity index (χ2n) is 4.40. The van der Waals surface area contributed by atoms with Crippen molar-refractivity contribution < 1.29 is 19.8 Å². The smallest absolute Gasteiger partial charge is 0.303 e. The third-order valence-corrected chi connectivity index (χ3v) is 1.78. The van der Waals surface area contributed by atoms with Gasteiger partial charge in [0.15, 0.2) is 0 Å². The molecule has 0 aromatic heterocycles. The zero-order valence-corrected chi connectivity index (χ0v) is 11.1. The minimum absolute atomic E-state index is 0.221. The van der Waals surface area contributed by atoms with Gasteiger partial charge in [0, 0.05) is 12.8 Å². The van der Waals surface area contributed by atoms with Crippen LogP contribution in [0.3, 0.4) is 0 Å². The summed E-state index contributed by atoms with van der Waals surface area (Å²) in [6.45, 7) is 0. The molecule has 0 radical (unpaired) electrons. The van der Waals surface area contributed by atoms with Crippen molar-refractivity contribution in [1.29, 1.82) is 0 Å². The van der Waals surface area contributed by atoms with Gasteiger partial charge in [-0.1, -0.05) is 19.3 Å². The number of nitrogens with zero attached hydrogens (tertiary/aromatic N) is 1. The van der Waals surface area contributed by atoms with Gasteiger partial charge in [0.25, 0.3) is 0 Å². The topological polar surface area (TPSA) is 77.8 Å². The van der Waals surface area contributed by atoms with Crippen molar-refractivity contribution in [2.75, 3.05) is 21.1 Å². The minimum Gasteiger partial charge on any atom is -0.481 e. The van der Waals surface area contributed by atoms with Crippen molar-refractivity contribution in [2.24, 2.45) is 0 Å². The van der Waals surface area contributed by atoms with Gasteiger partial charge in [0.1, 0.15) is 0 Å². The molecule has 0 aromatic rings. The molecular formula is C12H25NO4. The van der Waals surface area contributed by atoms with Gasteiger partial charge in [-0.15, -0.1) is 0 Å². The fraction of sp³-hybridized carbons (Fsp3) is 0.833. The van der Waals surface area contributed by atoms with Crippen LogP contribution in [0.4, 0.5) is 0 Å². The van der Waals surface area contributed by atoms with E-state index in [-0.39, 0.29) is 12.8 Å². The van der Waals surface area contributed by atoms with Gasteiger partial charge in [-0.25, -0.2) is 0 Å². The maximum atomic E-state index is 10.1. The molecule has 0 aliphatic heterocycles. The quantitative estimate of drug-likeness (QED) is 0.642. The maximum Gasteiger partial charge on any atom is 0.303 e. The van der Waals surface area contributed by atoms with Gasteiger partial charge < -0.3 is 15.1 Å². The van der Waals surface area contributed by atoms with E-state index in [1.165, 1.54) is 0 Å². The molecule has 0 aromatic carbocycles. The van der Waals surface area contributed by atoms with Crippen LogP contribution in [0.2, 0.25) is 0 Å². The van der Waals surface area contributed by atoms with Gasteiger partial charge in [-0.05, 0) is 34.0 Å². The predicted octanol–water partition coefficient (Wildman–Crippen LogP) is 2.06. The Balaban J connectivity index is 0. The number of carboxylic acid groups (broad SMARTS) is 2. The highest BCUT2D eigenvalue weighted by atomic mass is 16.4. The lowest BCUT2D eigenvalue weighted by Crippen LogP contribution is -1.99. The number of hydrogen-bond donors (Lipinski definition) is 2. The van der Waals surface area contributed by atoms with Crippen LogP contribution in [-0.4, -0.2) is 48.2 Å². The molecule has 0 heterocycles. The third-order valence-electron chi connectivity index (χ3n) is 1.78. The molecule has 0 bridgehead atoms. The lowest BCUT2D eigenvalue weighted by atomic mass is 10.1. The highest BCUT2D eigenvalue weighted by molar-refractivity contribution is 5.66. The first kappa shape index (κ1) is 18.3. The zero-order chi connectivity index (χ0) is 13.7. The molecular weight excluding hydrogens is 222 g/mol. The molecule has 0 atom stereocenters. The fourth-order valence-corrected chi connectivity index (χ4v) is 1.08. The standard InChI is InChI=1S/C9H16O4.C3H9N/c10-8(11)6-4-2-1-3-5-7-9(12)13;1-4(2)3/h1-7H2,(H,10,11)(H,12,13);1-3H3. The van der Waals surface area contributed by atoms with E-state index in [0.717, 1.165) is 19.3 Å². The largest absolute Gasteiger partial charge is 0.481 e. The fourth-order valence-electron chi connectivity index (χ4n) is 1.08. The van der Waals surface area contributed by atoms with Crippen molar-refractivity contribution >= 4 is 11.9 Å². The lowest BCUT2D eigenvalue weighted by molar-refractivity contribution is -0.138. The highest BCUT2D eigenvalue weighted by Gasteiger charge is 1.98. The summed E-state index contributed by atoms with van der Waals surface area (Å²) in [7, 11) is 6.00. The van der Waals surface area contributed by atoms with Crippen LogP contribution in [0, 0.1) is 0 Å². The van der Waals surface area contributed by atoms with Gasteiger partial charge in [0.2, 0.25) is 0 Å². The summed E-state index contributed by atoms with van der Waals surface area (Å²) < 4.78 is 0. The van der Waals surface area contributed by atoms with E-state index in [2.05, 4.69) is 0 Å². The Morgan fingerprint density at radius 1 is 0.765 bits per heavy atom. The molecule has 0 saturated carbocycles. The third kappa shape index (κ3) is 31.3. The number of carboxylic acids is 2. The SMILES string of the molecule is CN(C)C.O=C(O)CCCCCCCC(=O)O. The van der Waals surface area contributed by atoms with Crippen LogP contribution in [0.15, 0.2) is 0 Å². The monoisotopic (exact) mass is 247 g/mol. The van der Waals surface area contributed by atoms with Gasteiger partial charge in [-0.3, -0.25) is 9.59 Å². The van der Waals surface area contributed by atoms with Crippen LogP contribution < -0.4 is 0 Å². The van der Waals surface area contributed by atoms with Gasteiger partial charge in [-0.2, -0.15) is 0 Å². The molecule has 0 aliphatic carbocycles. The molecule has 2 N–H and O–H groups in total. The first-order valence-electron chi connectivity index (χ1n) is 5.90. The molecule has 0 saturated heterocycles. The molecule has 0 spiro atoms. The Labute approximate surface area is 103 Å². The number of hydrogen-bond acceptors (Lipinski definition) is 3. The molecule has 0 amide bonds. The van der Waals surface area contributed by atoms with E-state index in [9.17, 15) is 9.59 Å². The number of rotatable bonds is 8. The average Bonchev–Trinajstić information content (AvgIpc) is 2.14. The Bertz CT molecular complexity index is 184. The Hall–Kier alpha value is -1.10. The van der Waals surface area contributed by atoms with E-state index in [0.29, 0.717) is 12.8 Å². The molecule has 0 fully saturated rings. The summed E-state index contributed by atoms with van der Waals surface area (Å²) in [4.78, 5) is 22.2. The van der Waals surface area contributed by atoms with E-state index in [1.54, 1.807) is 0 Å². The second-order valence-corrected chi connectivity index (χ2v) is 4.40. The average molecular weight is 247 g/mol. The van der Waals surface area contributed by atoms with E-state index in [4.69, 9.17) is 10.2 Å². The van der Waals surface area contributed by atoms with E-state index < -0.39 is 11.9 Å². The van der Waals surface area contributed by atoms with Gasteiger partial charge in [0.05, 0.1) is 0 Å². The molecule has 0 aliphatic rings. The summed E-state index contributed by atoms with van der Waals surface area (Å²) in [5.41, 5.74) is 0. The summed E-state index contributed by atoms with van der Waals surface area (Å²) in [5.74, 6) is -1.52. The van der Waals surface area contributed by atoms with Crippen molar-refractivity contribution in [3.63, 3.8) is 0 Å². The molecule has 0 unspecified atom stereocenters. The predicted molar refractivity (Wildman–Crippen MR) is 67.2 cm³/mol. The summed E-state index contributed by atoms with van der Waals surface area (Å²) >= 11 is 0. The maximum absolute atomic E-state index is 10.1. The molecule has 17 heavy (non-hydrogen) atoms. The zero-order valence-electron chi connectivity index (χ0n) is 11.1. The van der Waals surface area contributed by atoms with Crippen LogP contribution in [0.1, 0.15) is 44.9 Å². The van der Waals surface area contributed by atoms with Gasteiger partial charge >= 0.3 is 11.9 Å². The van der Waals surface area contributed by atoms with Crippen molar-refractivity contribution in [3.8, 4) is 0 Å². The van der Waals surface area contributed by atoms with Crippen molar-refractivity contribution in [3.05, 3.63) is 0 Å². The minimum atomic E-state index is -0.759. The summed E-state index contributed by atoms with van der Waals surface area (Å²) in [6.07, 6.45) is 4.53. The van der Waals surface area contributed by atoms with Crippen molar-refractivity contribution in [2.45, 2.75) is 44.9 Å². The summed E-state index contributed by atoms with van der Waals surface area (Å²) in [5, 5.41) is 16.6. The normalized spacial score (nSPS) is 9.65. The first-order chi connectivity index (χ1) is 7.86. The number of aliphatic carboxylic acids is 2. The molecule has 0 rings (SSSR count). The number of carbonyl (C=O) groups is 2. The van der Waals surface area contributed by atoms with Crippen LogP contribution in [0.25, 0.3) is 0 Å². The number of unbranched alkanes of at least 4 members (excludes halogenated alkanes) is 4. The van der Waals surface area contributed by atoms with E-state index in [1.807, 2.05) is 26.0 Å². The highest BCUT2D eigenvalue weighted by Crippen LogP contribution is 2.06. The molecule has 102 valence electrons. The Morgan fingerprint density at radius 3 is 1.24 bits per heavy atom. The second kappa shape index (κ2) is 13.0. The van der Waals surface area contributed by atoms with Crippen LogP contribution in [-0.2, 0) is 9.59 Å².